The second-order valence-corrected chi connectivity index (χ2v) is 2.14. The van der Waals surface area contributed by atoms with Crippen LogP contribution in [0.1, 0.15) is 19.3 Å². The van der Waals surface area contributed by atoms with Crippen molar-refractivity contribution in [3.63, 3.8) is 0 Å². The Morgan fingerprint density at radius 1 is 1.23 bits per heavy atom. The van der Waals surface area contributed by atoms with Crippen LogP contribution in [0.4, 0.5) is 4.79 Å². The van der Waals surface area contributed by atoms with Gasteiger partial charge in [0.1, 0.15) is 0 Å². The summed E-state index contributed by atoms with van der Waals surface area (Å²) < 4.78 is 0. The van der Waals surface area contributed by atoms with Gasteiger partial charge in [-0.15, -0.1) is 0 Å². The maximum absolute atomic E-state index is 10.6. The third-order valence-electron chi connectivity index (χ3n) is 1.05. The zero-order valence-corrected chi connectivity index (χ0v) is 9.33. The molecule has 68 valence electrons. The van der Waals surface area contributed by atoms with Gasteiger partial charge in [0.2, 0.25) is 5.91 Å². The molecule has 0 atom stereocenters. The maximum Gasteiger partial charge on any atom is 1.00 e. The van der Waals surface area contributed by atoms with Gasteiger partial charge in [0, 0.05) is 12.4 Å². The number of amides is 3. The molecule has 0 aliphatic carbocycles. The molecule has 0 heterocycles. The van der Waals surface area contributed by atoms with Gasteiger partial charge >= 0.3 is 35.6 Å². The van der Waals surface area contributed by atoms with E-state index in [-0.39, 0.29) is 48.8 Å². The number of primary amides is 1. The maximum atomic E-state index is 10.6. The van der Waals surface area contributed by atoms with Crippen LogP contribution in [0.2, 0.25) is 0 Å². The number of carbonyl (C=O) groups excluding carboxylic acids is 3. The van der Waals surface area contributed by atoms with E-state index in [4.69, 9.17) is 0 Å². The molecule has 0 saturated carbocycles. The largest absolute Gasteiger partial charge is 1.00 e. The van der Waals surface area contributed by atoms with Gasteiger partial charge in [-0.1, -0.05) is 0 Å². The van der Waals surface area contributed by atoms with Crippen LogP contribution in [0, 0.1) is 0 Å². The van der Waals surface area contributed by atoms with E-state index in [0.717, 1.165) is 0 Å². The fourth-order valence-electron chi connectivity index (χ4n) is 0.593. The molecule has 0 aromatic rings. The Balaban J connectivity index is 0. The number of hydrogen-bond acceptors (Lipinski definition) is 4. The number of rotatable bonds is 4. The number of urea groups is 1. The van der Waals surface area contributed by atoms with Gasteiger partial charge in [0.05, 0.1) is 0 Å². The number of carbonyl (C=O) groups is 3. The molecule has 3 amide bonds. The monoisotopic (exact) mass is 196 g/mol. The predicted molar refractivity (Wildman–Crippen MR) is 36.6 cm³/mol. The first-order chi connectivity index (χ1) is 5.52. The third kappa shape index (κ3) is 11.4. The summed E-state index contributed by atoms with van der Waals surface area (Å²) in [4.78, 5) is 30.5. The van der Waals surface area contributed by atoms with Crippen molar-refractivity contribution in [2.45, 2.75) is 19.3 Å². The Bertz CT molecular complexity index is 207. The summed E-state index contributed by atoms with van der Waals surface area (Å²) in [7, 11) is 0. The molecule has 0 spiro atoms. The van der Waals surface area contributed by atoms with Crippen LogP contribution in [-0.2, 0) is 9.59 Å². The normalized spacial score (nSPS) is 8.31. The average molecular weight is 196 g/mol. The number of nitrogens with two attached hydrogens (primary N) is 1. The molecule has 0 fully saturated rings. The first-order valence-corrected chi connectivity index (χ1v) is 3.31. The number of hydrogen-bond donors (Lipinski definition) is 2. The van der Waals surface area contributed by atoms with E-state index in [1.165, 1.54) is 0 Å². The summed E-state index contributed by atoms with van der Waals surface area (Å²) in [5, 5.41) is 11.7. The number of nitrogens with one attached hydrogen (secondary N) is 1. The van der Waals surface area contributed by atoms with Gasteiger partial charge in [0.25, 0.3) is 0 Å². The van der Waals surface area contributed by atoms with Gasteiger partial charge in [-0.2, -0.15) is 0 Å². The van der Waals surface area contributed by atoms with Crippen LogP contribution in [0.3, 0.4) is 0 Å². The van der Waals surface area contributed by atoms with Crippen LogP contribution in [-0.4, -0.2) is 17.9 Å². The zero-order valence-electron chi connectivity index (χ0n) is 7.33. The van der Waals surface area contributed by atoms with Gasteiger partial charge in [0.15, 0.2) is 0 Å². The Labute approximate surface area is 97.1 Å². The molecule has 0 bridgehead atoms. The van der Waals surface area contributed by atoms with E-state index in [0.29, 0.717) is 0 Å². The van der Waals surface area contributed by atoms with Crippen molar-refractivity contribution in [3.05, 3.63) is 0 Å². The summed E-state index contributed by atoms with van der Waals surface area (Å²) in [5.74, 6) is -1.80. The minimum Gasteiger partial charge on any atom is -0.550 e. The quantitative estimate of drug-likeness (QED) is 0.439. The number of imide groups is 1. The molecule has 13 heavy (non-hydrogen) atoms. The van der Waals surface area contributed by atoms with Crippen LogP contribution >= 0.6 is 0 Å². The molecule has 0 aliphatic heterocycles. The second kappa shape index (κ2) is 8.03. The predicted octanol–water partition coefficient (Wildman–Crippen LogP) is -4.89. The van der Waals surface area contributed by atoms with Crippen LogP contribution in [0.5, 0.6) is 0 Å². The molecule has 0 rings (SSSR count). The van der Waals surface area contributed by atoms with Crippen molar-refractivity contribution in [1.29, 1.82) is 0 Å². The summed E-state index contributed by atoms with van der Waals surface area (Å²) in [5.41, 5.74) is 4.63. The molecular formula is C6H9N2NaO4. The van der Waals surface area contributed by atoms with Crippen LogP contribution in [0.15, 0.2) is 0 Å². The Kier molecular flexibility index (Phi) is 9.21. The summed E-state index contributed by atoms with van der Waals surface area (Å²) in [6, 6.07) is -0.937. The first-order valence-electron chi connectivity index (χ1n) is 3.31. The fourth-order valence-corrected chi connectivity index (χ4v) is 0.593. The third-order valence-corrected chi connectivity index (χ3v) is 1.05. The SMILES string of the molecule is NC(=O)NC(=O)CCCC(=O)[O-].[Na+]. The number of carboxylic acids is 1. The van der Waals surface area contributed by atoms with E-state index in [1.807, 2.05) is 0 Å². The van der Waals surface area contributed by atoms with E-state index in [1.54, 1.807) is 5.32 Å². The zero-order chi connectivity index (χ0) is 9.56. The van der Waals surface area contributed by atoms with Gasteiger partial charge < -0.3 is 15.6 Å². The average Bonchev–Trinajstić information content (AvgIpc) is 1.84. The summed E-state index contributed by atoms with van der Waals surface area (Å²) >= 11 is 0. The molecule has 0 aromatic heterocycles. The van der Waals surface area contributed by atoms with Gasteiger partial charge in [-0.3, -0.25) is 10.1 Å². The fraction of sp³-hybridized carbons (Fsp3) is 0.500. The van der Waals surface area contributed by atoms with Crippen LogP contribution in [0.25, 0.3) is 0 Å². The summed E-state index contributed by atoms with van der Waals surface area (Å²) in [6.45, 7) is 0. The van der Waals surface area contributed by atoms with Crippen molar-refractivity contribution >= 4 is 17.9 Å². The molecule has 0 unspecified atom stereocenters. The molecule has 6 nitrogen and oxygen atoms in total. The van der Waals surface area contributed by atoms with E-state index in [2.05, 4.69) is 5.73 Å². The van der Waals surface area contributed by atoms with E-state index in [9.17, 15) is 19.5 Å². The van der Waals surface area contributed by atoms with Gasteiger partial charge in [-0.05, 0) is 12.8 Å². The molecule has 0 saturated heterocycles. The Hall–Kier alpha value is -0.590. The molecule has 3 N–H and O–H groups in total. The molecule has 0 aromatic carbocycles. The molecule has 7 heteroatoms. The number of carboxylic acid groups (broad SMARTS) is 1. The topological polar surface area (TPSA) is 112 Å². The van der Waals surface area contributed by atoms with Gasteiger partial charge in [-0.25, -0.2) is 4.79 Å². The Morgan fingerprint density at radius 3 is 2.15 bits per heavy atom. The van der Waals surface area contributed by atoms with E-state index < -0.39 is 17.9 Å². The minimum absolute atomic E-state index is 0. The van der Waals surface area contributed by atoms with Crippen molar-refractivity contribution in [3.8, 4) is 0 Å². The van der Waals surface area contributed by atoms with Crippen molar-refractivity contribution in [1.82, 2.24) is 5.32 Å². The number of aliphatic carboxylic acids is 1. The van der Waals surface area contributed by atoms with Crippen molar-refractivity contribution < 1.29 is 49.0 Å². The molecule has 0 aliphatic rings. The van der Waals surface area contributed by atoms with Crippen molar-refractivity contribution in [2.75, 3.05) is 0 Å². The second-order valence-electron chi connectivity index (χ2n) is 2.14. The first kappa shape index (κ1) is 14.9. The Morgan fingerprint density at radius 2 is 1.77 bits per heavy atom. The standard InChI is InChI=1S/C6H10N2O4.Na/c7-6(12)8-4(9)2-1-3-5(10)11;/h1-3H2,(H,10,11)(H3,7,8,9,12);/q;+1/p-1. The smallest absolute Gasteiger partial charge is 0.550 e. The van der Waals surface area contributed by atoms with E-state index >= 15 is 0 Å². The summed E-state index contributed by atoms with van der Waals surface area (Å²) in [6.07, 6.45) is -0.107. The molecular weight excluding hydrogens is 187 g/mol. The van der Waals surface area contributed by atoms with Crippen LogP contribution < -0.4 is 45.7 Å². The minimum atomic E-state index is -1.22. The molecule has 0 radical (unpaired) electrons. The van der Waals surface area contributed by atoms with Crippen molar-refractivity contribution in [2.24, 2.45) is 5.73 Å².